The molecular weight excluding hydrogens is 344 g/mol. The number of hydrogen-bond donors (Lipinski definition) is 1. The molecule has 1 aliphatic carbocycles. The van der Waals surface area contributed by atoms with Crippen LogP contribution in [0.25, 0.3) is 10.9 Å². The lowest BCUT2D eigenvalue weighted by atomic mass is 9.68. The third-order valence-corrected chi connectivity index (χ3v) is 5.67. The fourth-order valence-electron chi connectivity index (χ4n) is 4.01. The highest BCUT2D eigenvalue weighted by molar-refractivity contribution is 9.10. The van der Waals surface area contributed by atoms with E-state index < -0.39 is 5.41 Å². The van der Waals surface area contributed by atoms with Crippen molar-refractivity contribution in [1.82, 2.24) is 4.98 Å². The number of fused-ring (bicyclic) bond motifs is 4. The highest BCUT2D eigenvalue weighted by Gasteiger charge is 2.52. The fourth-order valence-corrected chi connectivity index (χ4v) is 4.37. The van der Waals surface area contributed by atoms with Gasteiger partial charge >= 0.3 is 0 Å². The maximum atomic E-state index is 13.0. The van der Waals surface area contributed by atoms with Crippen molar-refractivity contribution >= 4 is 38.4 Å². The number of halogens is 1. The Morgan fingerprint density at radius 2 is 2.09 bits per heavy atom. The molecule has 1 aromatic heterocycles. The van der Waals surface area contributed by atoms with E-state index in [9.17, 15) is 9.90 Å². The van der Waals surface area contributed by atoms with Crippen LogP contribution >= 0.6 is 15.9 Å². The zero-order valence-corrected chi connectivity index (χ0v) is 13.9. The van der Waals surface area contributed by atoms with E-state index in [-0.39, 0.29) is 12.0 Å². The minimum absolute atomic E-state index is 0.142. The molecule has 0 unspecified atom stereocenters. The molecule has 2 aromatic rings. The molecule has 4 nitrogen and oxygen atoms in total. The van der Waals surface area contributed by atoms with E-state index >= 15 is 0 Å². The van der Waals surface area contributed by atoms with Crippen molar-refractivity contribution < 1.29 is 9.90 Å². The number of anilines is 1. The highest BCUT2D eigenvalue weighted by atomic mass is 79.9. The number of nitrogens with zero attached hydrogens (tertiary/aromatic N) is 2. The molecule has 1 amide bonds. The molecule has 2 aliphatic rings. The van der Waals surface area contributed by atoms with Crippen molar-refractivity contribution in [1.29, 1.82) is 0 Å². The molecule has 0 bridgehead atoms. The second-order valence-corrected chi connectivity index (χ2v) is 7.27. The van der Waals surface area contributed by atoms with E-state index in [0.29, 0.717) is 25.7 Å². The summed E-state index contributed by atoms with van der Waals surface area (Å²) in [5.74, 6) is 0.142. The Morgan fingerprint density at radius 1 is 1.36 bits per heavy atom. The van der Waals surface area contributed by atoms with Crippen LogP contribution in [0.1, 0.15) is 31.2 Å². The first-order chi connectivity index (χ1) is 10.5. The van der Waals surface area contributed by atoms with Gasteiger partial charge in [0, 0.05) is 22.5 Å². The average Bonchev–Trinajstić information content (AvgIpc) is 2.73. The molecule has 5 heteroatoms. The first kappa shape index (κ1) is 14.2. The zero-order valence-electron chi connectivity index (χ0n) is 12.3. The summed E-state index contributed by atoms with van der Waals surface area (Å²) in [5, 5.41) is 10.9. The van der Waals surface area contributed by atoms with E-state index in [2.05, 4.69) is 27.0 Å². The summed E-state index contributed by atoms with van der Waals surface area (Å²) in [5.41, 5.74) is 2.42. The second-order valence-electron chi connectivity index (χ2n) is 6.36. The number of pyridine rings is 1. The van der Waals surface area contributed by atoms with E-state index in [1.54, 1.807) is 4.90 Å². The van der Waals surface area contributed by atoms with Gasteiger partial charge < -0.3 is 10.0 Å². The van der Waals surface area contributed by atoms with Crippen molar-refractivity contribution in [2.75, 3.05) is 11.9 Å². The van der Waals surface area contributed by atoms with Crippen molar-refractivity contribution in [2.45, 2.75) is 37.2 Å². The van der Waals surface area contributed by atoms with Crippen molar-refractivity contribution in [3.05, 3.63) is 34.4 Å². The zero-order chi connectivity index (χ0) is 15.5. The quantitative estimate of drug-likeness (QED) is 0.784. The predicted octanol–water partition coefficient (Wildman–Crippen LogP) is 3.15. The largest absolute Gasteiger partial charge is 0.393 e. The van der Waals surface area contributed by atoms with Crippen LogP contribution in [0.15, 0.2) is 28.9 Å². The Bertz CT molecular complexity index is 782. The van der Waals surface area contributed by atoms with E-state index in [4.69, 9.17) is 0 Å². The molecule has 0 atom stereocenters. The summed E-state index contributed by atoms with van der Waals surface area (Å²) < 4.78 is 0.989. The molecule has 2 heterocycles. The Hall–Kier alpha value is -1.46. The van der Waals surface area contributed by atoms with Crippen LogP contribution in [0.3, 0.4) is 0 Å². The minimum Gasteiger partial charge on any atom is -0.393 e. The van der Waals surface area contributed by atoms with Gasteiger partial charge in [0.2, 0.25) is 5.91 Å². The van der Waals surface area contributed by atoms with Crippen LogP contribution < -0.4 is 4.90 Å². The van der Waals surface area contributed by atoms with Crippen LogP contribution in [0.5, 0.6) is 0 Å². The first-order valence-electron chi connectivity index (χ1n) is 7.58. The first-order valence-corrected chi connectivity index (χ1v) is 8.37. The summed E-state index contributed by atoms with van der Waals surface area (Å²) in [6, 6.07) is 6.01. The highest BCUT2D eigenvalue weighted by Crippen LogP contribution is 2.51. The smallest absolute Gasteiger partial charge is 0.237 e. The summed E-state index contributed by atoms with van der Waals surface area (Å²) in [4.78, 5) is 19.2. The SMILES string of the molecule is CN1C(=O)C2(CCC(O)CC2)c2c1cnc1ccc(Br)cc21. The lowest BCUT2D eigenvalue weighted by molar-refractivity contribution is -0.124. The van der Waals surface area contributed by atoms with Crippen LogP contribution in [0.2, 0.25) is 0 Å². The van der Waals surface area contributed by atoms with Crippen LogP contribution in [0, 0.1) is 0 Å². The topological polar surface area (TPSA) is 53.4 Å². The minimum atomic E-state index is -0.495. The Kier molecular flexibility index (Phi) is 3.07. The predicted molar refractivity (Wildman–Crippen MR) is 89.0 cm³/mol. The van der Waals surface area contributed by atoms with Gasteiger partial charge in [-0.1, -0.05) is 15.9 Å². The van der Waals surface area contributed by atoms with Gasteiger partial charge in [-0.25, -0.2) is 0 Å². The summed E-state index contributed by atoms with van der Waals surface area (Å²) in [6.07, 6.45) is 4.29. The average molecular weight is 361 g/mol. The Balaban J connectivity index is 2.02. The summed E-state index contributed by atoms with van der Waals surface area (Å²) in [7, 11) is 1.83. The molecular formula is C17H17BrN2O2. The molecule has 1 saturated carbocycles. The van der Waals surface area contributed by atoms with Gasteiger partial charge in [-0.2, -0.15) is 0 Å². The number of hydrogen-bond acceptors (Lipinski definition) is 3. The molecule has 1 N–H and O–H groups in total. The van der Waals surface area contributed by atoms with Gasteiger partial charge in [-0.15, -0.1) is 0 Å². The normalized spacial score (nSPS) is 27.7. The number of carbonyl (C=O) groups is 1. The van der Waals surface area contributed by atoms with Crippen LogP contribution in [-0.4, -0.2) is 29.1 Å². The molecule has 22 heavy (non-hydrogen) atoms. The van der Waals surface area contributed by atoms with Gasteiger partial charge in [0.15, 0.2) is 0 Å². The molecule has 114 valence electrons. The standard InChI is InChI=1S/C17H17BrN2O2/c1-20-14-9-19-13-3-2-10(18)8-12(13)15(14)17(16(20)22)6-4-11(21)5-7-17/h2-3,8-9,11,21H,4-7H2,1H3. The number of aromatic nitrogens is 1. The number of carbonyl (C=O) groups excluding carboxylic acids is 1. The third kappa shape index (κ3) is 1.78. The van der Waals surface area contributed by atoms with E-state index in [0.717, 1.165) is 26.6 Å². The molecule has 1 aromatic carbocycles. The van der Waals surface area contributed by atoms with E-state index in [1.807, 2.05) is 25.4 Å². The molecule has 1 fully saturated rings. The van der Waals surface area contributed by atoms with Gasteiger partial charge in [-0.3, -0.25) is 9.78 Å². The Labute approximate surface area is 137 Å². The van der Waals surface area contributed by atoms with Crippen molar-refractivity contribution in [2.24, 2.45) is 0 Å². The van der Waals surface area contributed by atoms with Gasteiger partial charge in [0.1, 0.15) is 0 Å². The third-order valence-electron chi connectivity index (χ3n) is 5.17. The number of benzene rings is 1. The molecule has 4 rings (SSSR count). The van der Waals surface area contributed by atoms with Crippen LogP contribution in [-0.2, 0) is 10.2 Å². The molecule has 1 spiro atoms. The van der Waals surface area contributed by atoms with Gasteiger partial charge in [0.25, 0.3) is 0 Å². The lowest BCUT2D eigenvalue weighted by Gasteiger charge is -2.34. The van der Waals surface area contributed by atoms with Gasteiger partial charge in [0.05, 0.1) is 28.9 Å². The van der Waals surface area contributed by atoms with E-state index in [1.165, 1.54) is 0 Å². The fraction of sp³-hybridized carbons (Fsp3) is 0.412. The number of aliphatic hydroxyl groups excluding tert-OH is 1. The summed E-state index contributed by atoms with van der Waals surface area (Å²) >= 11 is 3.53. The monoisotopic (exact) mass is 360 g/mol. The molecule has 0 radical (unpaired) electrons. The summed E-state index contributed by atoms with van der Waals surface area (Å²) in [6.45, 7) is 0. The number of rotatable bonds is 0. The lowest BCUT2D eigenvalue weighted by Crippen LogP contribution is -2.42. The number of amides is 1. The number of aliphatic hydroxyl groups is 1. The molecule has 0 saturated heterocycles. The Morgan fingerprint density at radius 3 is 2.82 bits per heavy atom. The van der Waals surface area contributed by atoms with Crippen molar-refractivity contribution in [3.8, 4) is 0 Å². The molecule has 1 aliphatic heterocycles. The van der Waals surface area contributed by atoms with Crippen molar-refractivity contribution in [3.63, 3.8) is 0 Å². The van der Waals surface area contributed by atoms with Crippen LogP contribution in [0.4, 0.5) is 5.69 Å². The number of likely N-dealkylation sites (N-methyl/N-ethyl adjacent to an activating group) is 1. The van der Waals surface area contributed by atoms with Gasteiger partial charge in [-0.05, 0) is 43.9 Å². The maximum absolute atomic E-state index is 13.0. The maximum Gasteiger partial charge on any atom is 0.237 e. The second kappa shape index (κ2) is 4.77.